The second kappa shape index (κ2) is 10.8. The fourth-order valence-corrected chi connectivity index (χ4v) is 4.52. The van der Waals surface area contributed by atoms with E-state index < -0.39 is 48.1 Å². The molecule has 1 aromatic carbocycles. The number of rotatable bonds is 8. The molecule has 2 fully saturated rings. The highest BCUT2D eigenvalue weighted by Crippen LogP contribution is 2.26. The summed E-state index contributed by atoms with van der Waals surface area (Å²) in [6.07, 6.45) is 0.956. The van der Waals surface area contributed by atoms with Gasteiger partial charge in [0.2, 0.25) is 17.7 Å². The number of hydrogen-bond acceptors (Lipinski definition) is 7. The zero-order chi connectivity index (χ0) is 25.0. The van der Waals surface area contributed by atoms with Crippen molar-refractivity contribution >= 4 is 23.7 Å². The number of amides is 3. The Kier molecular flexibility index (Phi) is 8.11. The molecule has 3 rings (SSSR count). The molecule has 0 spiro atoms. The third-order valence-electron chi connectivity index (χ3n) is 6.46. The number of hydrogen-bond donors (Lipinski definition) is 5. The van der Waals surface area contributed by atoms with Crippen LogP contribution in [0.25, 0.3) is 0 Å². The molecule has 2 heterocycles. The van der Waals surface area contributed by atoms with Gasteiger partial charge >= 0.3 is 5.97 Å². The van der Waals surface area contributed by atoms with Crippen LogP contribution in [0, 0.1) is 0 Å². The molecular formula is C23H32N4O7. The van der Waals surface area contributed by atoms with E-state index in [1.807, 2.05) is 0 Å². The Morgan fingerprint density at radius 2 is 1.65 bits per heavy atom. The van der Waals surface area contributed by atoms with Crippen LogP contribution in [0.5, 0.6) is 5.75 Å². The topological polar surface area (TPSA) is 173 Å². The lowest BCUT2D eigenvalue weighted by atomic mass is 10.0. The maximum Gasteiger partial charge on any atom is 0.326 e. The molecule has 2 aliphatic heterocycles. The smallest absolute Gasteiger partial charge is 0.326 e. The highest BCUT2D eigenvalue weighted by atomic mass is 16.4. The molecule has 0 bridgehead atoms. The van der Waals surface area contributed by atoms with Crippen LogP contribution in [0.15, 0.2) is 24.3 Å². The number of nitrogens with one attached hydrogen (secondary N) is 1. The Morgan fingerprint density at radius 1 is 1.06 bits per heavy atom. The van der Waals surface area contributed by atoms with Crippen LogP contribution in [0.4, 0.5) is 0 Å². The van der Waals surface area contributed by atoms with Crippen molar-refractivity contribution in [3.8, 4) is 5.75 Å². The Hall–Kier alpha value is -3.18. The van der Waals surface area contributed by atoms with E-state index in [1.165, 1.54) is 28.9 Å². The fourth-order valence-electron chi connectivity index (χ4n) is 4.52. The van der Waals surface area contributed by atoms with Crippen molar-refractivity contribution < 1.29 is 34.5 Å². The number of aliphatic hydroxyl groups is 1. The van der Waals surface area contributed by atoms with Gasteiger partial charge in [0, 0.05) is 19.5 Å². The number of nitrogens with two attached hydrogens (primary N) is 1. The van der Waals surface area contributed by atoms with Gasteiger partial charge in [0.05, 0.1) is 6.10 Å². The molecule has 11 nitrogen and oxygen atoms in total. The first-order valence-electron chi connectivity index (χ1n) is 11.5. The average Bonchev–Trinajstić information content (AvgIpc) is 3.48. The van der Waals surface area contributed by atoms with Crippen LogP contribution in [-0.2, 0) is 25.6 Å². The maximum absolute atomic E-state index is 13.3. The van der Waals surface area contributed by atoms with Crippen molar-refractivity contribution in [1.82, 2.24) is 15.1 Å². The number of benzene rings is 1. The van der Waals surface area contributed by atoms with Crippen LogP contribution in [0.2, 0.25) is 0 Å². The van der Waals surface area contributed by atoms with E-state index in [0.29, 0.717) is 44.3 Å². The number of aliphatic carboxylic acids is 1. The summed E-state index contributed by atoms with van der Waals surface area (Å²) in [5.74, 6) is -2.60. The Morgan fingerprint density at radius 3 is 2.24 bits per heavy atom. The molecular weight excluding hydrogens is 444 g/mol. The lowest BCUT2D eigenvalue weighted by molar-refractivity contribution is -0.148. The van der Waals surface area contributed by atoms with E-state index in [0.717, 1.165) is 0 Å². The largest absolute Gasteiger partial charge is 0.508 e. The Bertz CT molecular complexity index is 920. The van der Waals surface area contributed by atoms with Gasteiger partial charge in [0.1, 0.15) is 29.9 Å². The normalized spacial score (nSPS) is 22.8. The number of aliphatic hydroxyl groups excluding tert-OH is 1. The van der Waals surface area contributed by atoms with Crippen molar-refractivity contribution in [1.29, 1.82) is 0 Å². The van der Waals surface area contributed by atoms with E-state index in [-0.39, 0.29) is 18.1 Å². The molecule has 34 heavy (non-hydrogen) atoms. The van der Waals surface area contributed by atoms with Crippen LogP contribution < -0.4 is 11.1 Å². The van der Waals surface area contributed by atoms with Crippen molar-refractivity contribution in [3.05, 3.63) is 29.8 Å². The van der Waals surface area contributed by atoms with E-state index in [2.05, 4.69) is 5.32 Å². The number of nitrogens with zero attached hydrogens (tertiary/aromatic N) is 2. The number of carbonyl (C=O) groups is 4. The monoisotopic (exact) mass is 476 g/mol. The predicted octanol–water partition coefficient (Wildman–Crippen LogP) is -0.806. The Labute approximate surface area is 197 Å². The zero-order valence-electron chi connectivity index (χ0n) is 19.1. The molecule has 5 atom stereocenters. The van der Waals surface area contributed by atoms with Gasteiger partial charge in [-0.2, -0.15) is 0 Å². The highest BCUT2D eigenvalue weighted by Gasteiger charge is 2.43. The number of likely N-dealkylation sites (tertiary alicyclic amines) is 2. The summed E-state index contributed by atoms with van der Waals surface area (Å²) in [6, 6.07) is 2.08. The number of phenols is 1. The summed E-state index contributed by atoms with van der Waals surface area (Å²) in [5.41, 5.74) is 6.41. The van der Waals surface area contributed by atoms with E-state index in [4.69, 9.17) is 5.73 Å². The van der Waals surface area contributed by atoms with Gasteiger partial charge in [-0.05, 0) is 50.3 Å². The molecule has 0 radical (unpaired) electrons. The summed E-state index contributed by atoms with van der Waals surface area (Å²) in [4.78, 5) is 53.5. The molecule has 186 valence electrons. The second-order valence-corrected chi connectivity index (χ2v) is 8.92. The maximum atomic E-state index is 13.3. The first kappa shape index (κ1) is 25.4. The van der Waals surface area contributed by atoms with Gasteiger partial charge in [0.15, 0.2) is 0 Å². The minimum atomic E-state index is -1.21. The molecule has 11 heteroatoms. The van der Waals surface area contributed by atoms with Crippen LogP contribution in [-0.4, -0.2) is 92.2 Å². The Balaban J connectivity index is 1.68. The second-order valence-electron chi connectivity index (χ2n) is 8.92. The van der Waals surface area contributed by atoms with Crippen molar-refractivity contribution in [2.75, 3.05) is 13.1 Å². The average molecular weight is 477 g/mol. The SMILES string of the molecule is CC(O)C(N)C(=O)N1CCCC1C(=O)N1CCCC1C(=O)NC(Cc1ccc(O)cc1)C(=O)O. The number of carboxylic acids is 1. The third kappa shape index (κ3) is 5.65. The van der Waals surface area contributed by atoms with Gasteiger partial charge in [-0.25, -0.2) is 4.79 Å². The van der Waals surface area contributed by atoms with E-state index in [1.54, 1.807) is 12.1 Å². The number of aromatic hydroxyl groups is 1. The summed E-state index contributed by atoms with van der Waals surface area (Å²) >= 11 is 0. The first-order chi connectivity index (χ1) is 16.1. The van der Waals surface area contributed by atoms with Gasteiger partial charge in [-0.15, -0.1) is 0 Å². The quantitative estimate of drug-likeness (QED) is 0.324. The molecule has 0 aromatic heterocycles. The standard InChI is InChI=1S/C23H32N4O7/c1-13(28)19(24)22(32)27-11-3-5-18(27)21(31)26-10-2-4-17(26)20(30)25-16(23(33)34)12-14-6-8-15(29)9-7-14/h6-9,13,16-19,28-29H,2-5,10-12,24H2,1H3,(H,25,30)(H,33,34). The van der Waals surface area contributed by atoms with E-state index in [9.17, 15) is 34.5 Å². The minimum Gasteiger partial charge on any atom is -0.508 e. The summed E-state index contributed by atoms with van der Waals surface area (Å²) in [7, 11) is 0. The van der Waals surface area contributed by atoms with Crippen molar-refractivity contribution in [2.45, 2.75) is 69.3 Å². The van der Waals surface area contributed by atoms with E-state index >= 15 is 0 Å². The van der Waals surface area contributed by atoms with Crippen LogP contribution in [0.1, 0.15) is 38.2 Å². The lowest BCUT2D eigenvalue weighted by Gasteiger charge is -2.32. The number of carboxylic acid groups (broad SMARTS) is 1. The van der Waals surface area contributed by atoms with Gasteiger partial charge in [0.25, 0.3) is 0 Å². The summed E-state index contributed by atoms with van der Waals surface area (Å²) in [5, 5.41) is 31.2. The van der Waals surface area contributed by atoms with Crippen molar-refractivity contribution in [2.24, 2.45) is 5.73 Å². The van der Waals surface area contributed by atoms with Crippen LogP contribution in [0.3, 0.4) is 0 Å². The molecule has 0 saturated carbocycles. The molecule has 2 aliphatic rings. The lowest BCUT2D eigenvalue weighted by Crippen LogP contribution is -2.57. The van der Waals surface area contributed by atoms with Crippen molar-refractivity contribution in [3.63, 3.8) is 0 Å². The van der Waals surface area contributed by atoms with Gasteiger partial charge in [-0.3, -0.25) is 14.4 Å². The number of carbonyl (C=O) groups excluding carboxylic acids is 3. The molecule has 6 N–H and O–H groups in total. The molecule has 5 unspecified atom stereocenters. The van der Waals surface area contributed by atoms with Gasteiger partial charge < -0.3 is 36.2 Å². The highest BCUT2D eigenvalue weighted by molar-refractivity contribution is 5.95. The molecule has 3 amide bonds. The molecule has 1 aromatic rings. The first-order valence-corrected chi connectivity index (χ1v) is 11.5. The van der Waals surface area contributed by atoms with Crippen LogP contribution >= 0.6 is 0 Å². The fraction of sp³-hybridized carbons (Fsp3) is 0.565. The summed E-state index contributed by atoms with van der Waals surface area (Å²) < 4.78 is 0. The molecule has 0 aliphatic carbocycles. The molecule has 2 saturated heterocycles. The number of phenolic OH excluding ortho intramolecular Hbond substituents is 1. The summed E-state index contributed by atoms with van der Waals surface area (Å²) in [6.45, 7) is 2.08. The van der Waals surface area contributed by atoms with Gasteiger partial charge in [-0.1, -0.05) is 12.1 Å². The third-order valence-corrected chi connectivity index (χ3v) is 6.46. The predicted molar refractivity (Wildman–Crippen MR) is 121 cm³/mol. The minimum absolute atomic E-state index is 0.0180. The zero-order valence-corrected chi connectivity index (χ0v) is 19.1.